The zero-order chi connectivity index (χ0) is 30.8. The predicted octanol–water partition coefficient (Wildman–Crippen LogP) is 5.37. The van der Waals surface area contributed by atoms with Gasteiger partial charge in [-0.3, -0.25) is 4.79 Å². The molecule has 0 fully saturated rings. The van der Waals surface area contributed by atoms with E-state index in [9.17, 15) is 31.2 Å². The summed E-state index contributed by atoms with van der Waals surface area (Å²) in [5, 5.41) is 8.02. The highest BCUT2D eigenvalue weighted by atomic mass is 35.5. The lowest BCUT2D eigenvalue weighted by molar-refractivity contribution is -0.157. The fourth-order valence-electron chi connectivity index (χ4n) is 3.57. The van der Waals surface area contributed by atoms with Gasteiger partial charge in [0.05, 0.1) is 19.0 Å². The van der Waals surface area contributed by atoms with Gasteiger partial charge in [0.15, 0.2) is 5.76 Å². The van der Waals surface area contributed by atoms with E-state index < -0.39 is 52.3 Å². The smallest absolute Gasteiger partial charge is 0.443 e. The average Bonchev–Trinajstić information content (AvgIpc) is 3.29. The number of hydrogen-bond donors (Lipinski definition) is 2. The van der Waals surface area contributed by atoms with E-state index in [1.54, 1.807) is 52.0 Å². The van der Waals surface area contributed by atoms with Crippen molar-refractivity contribution in [3.63, 3.8) is 0 Å². The minimum Gasteiger partial charge on any atom is -0.443 e. The van der Waals surface area contributed by atoms with Crippen molar-refractivity contribution in [3.8, 4) is 11.3 Å². The molecular formula is C26H28ClF3N4O6S. The Bertz CT molecular complexity index is 1520. The van der Waals surface area contributed by atoms with Crippen molar-refractivity contribution in [1.29, 1.82) is 0 Å². The molecule has 3 N–H and O–H groups in total. The van der Waals surface area contributed by atoms with Gasteiger partial charge in [-0.1, -0.05) is 48.0 Å². The number of nitrogens with one attached hydrogen (secondary N) is 1. The standard InChI is InChI=1S/C26H28ClF3N4O6S/c1-15(17-10-8-16(9-11-17)14-34(41(31,37)38)24(36)40-25(2,3)4)22(35)32-13-20-21(18-6-5-7-19(27)12-18)33-23(39-20)26(28,29)30/h5-12,15H,13-14H2,1-4H3,(H,32,35)(H2,31,37,38). The molecule has 3 rings (SSSR count). The molecule has 2 amide bonds. The van der Waals surface area contributed by atoms with E-state index >= 15 is 0 Å². The predicted molar refractivity (Wildman–Crippen MR) is 144 cm³/mol. The van der Waals surface area contributed by atoms with Crippen LogP contribution in [0, 0.1) is 0 Å². The second-order valence-corrected chi connectivity index (χ2v) is 11.9. The van der Waals surface area contributed by atoms with Crippen LogP contribution in [0.5, 0.6) is 0 Å². The maximum absolute atomic E-state index is 13.3. The molecule has 1 heterocycles. The number of amides is 2. The number of hydrogen-bond acceptors (Lipinski definition) is 7. The summed E-state index contributed by atoms with van der Waals surface area (Å²) in [5.74, 6) is -2.95. The Labute approximate surface area is 239 Å². The van der Waals surface area contributed by atoms with Crippen molar-refractivity contribution >= 4 is 33.8 Å². The summed E-state index contributed by atoms with van der Waals surface area (Å²) in [7, 11) is -4.44. The van der Waals surface area contributed by atoms with Crippen molar-refractivity contribution in [2.45, 2.75) is 58.5 Å². The van der Waals surface area contributed by atoms with Crippen molar-refractivity contribution in [3.05, 3.63) is 76.3 Å². The minimum absolute atomic E-state index is 0.110. The van der Waals surface area contributed by atoms with Gasteiger partial charge in [0.2, 0.25) is 5.91 Å². The van der Waals surface area contributed by atoms with Crippen LogP contribution in [0.4, 0.5) is 18.0 Å². The lowest BCUT2D eigenvalue weighted by Crippen LogP contribution is -2.43. The van der Waals surface area contributed by atoms with E-state index in [-0.39, 0.29) is 28.6 Å². The van der Waals surface area contributed by atoms with Crippen molar-refractivity contribution in [1.82, 2.24) is 14.6 Å². The molecule has 0 spiro atoms. The zero-order valence-electron chi connectivity index (χ0n) is 22.5. The first-order valence-corrected chi connectivity index (χ1v) is 14.0. The van der Waals surface area contributed by atoms with Crippen LogP contribution >= 0.6 is 11.6 Å². The van der Waals surface area contributed by atoms with Crippen LogP contribution in [0.25, 0.3) is 11.3 Å². The molecule has 1 unspecified atom stereocenters. The summed E-state index contributed by atoms with van der Waals surface area (Å²) in [4.78, 5) is 28.8. The molecule has 222 valence electrons. The topological polar surface area (TPSA) is 145 Å². The molecule has 0 saturated heterocycles. The monoisotopic (exact) mass is 616 g/mol. The van der Waals surface area contributed by atoms with E-state index in [0.29, 0.717) is 15.4 Å². The normalized spacial score (nSPS) is 13.0. The van der Waals surface area contributed by atoms with Crippen LogP contribution in [0.15, 0.2) is 52.9 Å². The summed E-state index contributed by atoms with van der Waals surface area (Å²) in [5.41, 5.74) is 0.107. The fraction of sp³-hybridized carbons (Fsp3) is 0.346. The van der Waals surface area contributed by atoms with Crippen LogP contribution in [0.3, 0.4) is 0 Å². The number of carbonyl (C=O) groups is 2. The quantitative estimate of drug-likeness (QED) is 0.346. The van der Waals surface area contributed by atoms with Crippen LogP contribution < -0.4 is 10.5 Å². The number of aromatic nitrogens is 1. The van der Waals surface area contributed by atoms with Gasteiger partial charge in [0.25, 0.3) is 0 Å². The molecule has 0 aliphatic rings. The molecular weight excluding hydrogens is 589 g/mol. The molecule has 41 heavy (non-hydrogen) atoms. The second-order valence-electron chi connectivity index (χ2n) is 10.0. The Morgan fingerprint density at radius 1 is 1.15 bits per heavy atom. The fourth-order valence-corrected chi connectivity index (χ4v) is 4.34. The minimum atomic E-state index is -4.84. The molecule has 10 nitrogen and oxygen atoms in total. The summed E-state index contributed by atoms with van der Waals surface area (Å²) in [6, 6.07) is 12.1. The summed E-state index contributed by atoms with van der Waals surface area (Å²) in [6.07, 6.45) is -5.98. The number of alkyl halides is 3. The lowest BCUT2D eigenvalue weighted by atomic mass is 9.99. The number of carbonyl (C=O) groups excluding carboxylic acids is 2. The average molecular weight is 617 g/mol. The Morgan fingerprint density at radius 2 is 1.78 bits per heavy atom. The summed E-state index contributed by atoms with van der Waals surface area (Å²) < 4.78 is 74.2. The van der Waals surface area contributed by atoms with E-state index in [2.05, 4.69) is 10.3 Å². The third-order valence-electron chi connectivity index (χ3n) is 5.56. The highest BCUT2D eigenvalue weighted by Crippen LogP contribution is 2.34. The molecule has 0 aliphatic carbocycles. The third-order valence-corrected chi connectivity index (χ3v) is 6.69. The van der Waals surface area contributed by atoms with Crippen LogP contribution in [-0.4, -0.2) is 35.3 Å². The van der Waals surface area contributed by atoms with Gasteiger partial charge in [-0.25, -0.2) is 14.9 Å². The molecule has 1 aromatic heterocycles. The van der Waals surface area contributed by atoms with Crippen LogP contribution in [0.1, 0.15) is 56.4 Å². The maximum Gasteiger partial charge on any atom is 0.468 e. The lowest BCUT2D eigenvalue weighted by Gasteiger charge is -2.25. The van der Waals surface area contributed by atoms with Gasteiger partial charge in [-0.2, -0.15) is 25.9 Å². The first kappa shape index (κ1) is 31.9. The van der Waals surface area contributed by atoms with E-state index in [4.69, 9.17) is 25.9 Å². The van der Waals surface area contributed by atoms with Crippen molar-refractivity contribution in [2.24, 2.45) is 5.14 Å². The van der Waals surface area contributed by atoms with Crippen molar-refractivity contribution < 1.29 is 40.3 Å². The largest absolute Gasteiger partial charge is 0.468 e. The molecule has 2 aromatic carbocycles. The summed E-state index contributed by atoms with van der Waals surface area (Å²) in [6.45, 7) is 5.50. The third kappa shape index (κ3) is 8.68. The van der Waals surface area contributed by atoms with Gasteiger partial charge in [0, 0.05) is 10.6 Å². The number of nitrogens with two attached hydrogens (primary N) is 1. The van der Waals surface area contributed by atoms with Gasteiger partial charge < -0.3 is 14.5 Å². The van der Waals surface area contributed by atoms with Gasteiger partial charge in [0.1, 0.15) is 11.3 Å². The van der Waals surface area contributed by atoms with Gasteiger partial charge in [-0.05, 0) is 51.0 Å². The highest BCUT2D eigenvalue weighted by molar-refractivity contribution is 7.87. The van der Waals surface area contributed by atoms with Gasteiger partial charge >= 0.3 is 28.4 Å². The molecule has 0 radical (unpaired) electrons. The molecule has 0 saturated carbocycles. The number of rotatable bonds is 8. The van der Waals surface area contributed by atoms with E-state index in [1.807, 2.05) is 0 Å². The number of oxazole rings is 1. The maximum atomic E-state index is 13.3. The molecule has 1 atom stereocenters. The summed E-state index contributed by atoms with van der Waals surface area (Å²) >= 11 is 5.97. The first-order valence-electron chi connectivity index (χ1n) is 12.1. The van der Waals surface area contributed by atoms with Crippen LogP contribution in [0.2, 0.25) is 5.02 Å². The highest BCUT2D eigenvalue weighted by Gasteiger charge is 2.39. The molecule has 0 aliphatic heterocycles. The molecule has 0 bridgehead atoms. The molecule has 3 aromatic rings. The number of benzene rings is 2. The Hall–Kier alpha value is -3.62. The Balaban J connectivity index is 1.73. The van der Waals surface area contributed by atoms with Crippen LogP contribution in [-0.2, 0) is 39.0 Å². The van der Waals surface area contributed by atoms with E-state index in [1.165, 1.54) is 24.3 Å². The first-order chi connectivity index (χ1) is 18.8. The Morgan fingerprint density at radius 3 is 2.32 bits per heavy atom. The Kier molecular flexibility index (Phi) is 9.40. The van der Waals surface area contributed by atoms with Gasteiger partial charge in [-0.15, -0.1) is 0 Å². The second kappa shape index (κ2) is 12.1. The SMILES string of the molecule is CC(C(=O)NCc1oc(C(F)(F)F)nc1-c1cccc(Cl)c1)c1ccc(CN(C(=O)OC(C)(C)C)S(N)(=O)=O)cc1. The number of halogens is 4. The number of nitrogens with zero attached hydrogens (tertiary/aromatic N) is 2. The van der Waals surface area contributed by atoms with Crippen molar-refractivity contribution in [2.75, 3.05) is 0 Å². The zero-order valence-corrected chi connectivity index (χ0v) is 24.0. The molecule has 15 heteroatoms. The van der Waals surface area contributed by atoms with E-state index in [0.717, 1.165) is 0 Å². The number of ether oxygens (including phenoxy) is 1.